The van der Waals surface area contributed by atoms with E-state index in [1.807, 2.05) is 13.2 Å². The van der Waals surface area contributed by atoms with Crippen molar-refractivity contribution in [1.82, 2.24) is 9.80 Å². The highest BCUT2D eigenvalue weighted by Gasteiger charge is 2.40. The maximum Gasteiger partial charge on any atom is 0.320 e. The van der Waals surface area contributed by atoms with Crippen molar-refractivity contribution in [2.45, 2.75) is 13.0 Å². The number of rotatable bonds is 6. The fourth-order valence-electron chi connectivity index (χ4n) is 2.14. The maximum atomic E-state index is 12.3. The number of nitrogens with zero attached hydrogens (tertiary/aromatic N) is 2. The Balaban J connectivity index is 2.70. The second-order valence-corrected chi connectivity index (χ2v) is 5.52. The molecule has 0 spiro atoms. The molecule has 2 amide bonds. The summed E-state index contributed by atoms with van der Waals surface area (Å²) >= 11 is 1.67. The van der Waals surface area contributed by atoms with Gasteiger partial charge in [-0.25, -0.2) is 4.79 Å². The maximum absolute atomic E-state index is 12.3. The minimum atomic E-state index is -0.902. The van der Waals surface area contributed by atoms with E-state index in [1.54, 1.807) is 28.6 Å². The van der Waals surface area contributed by atoms with Gasteiger partial charge in [-0.05, 0) is 13.2 Å². The molecular weight excluding hydrogens is 268 g/mol. The Morgan fingerprint density at radius 2 is 2.11 bits per heavy atom. The lowest BCUT2D eigenvalue weighted by Gasteiger charge is -2.33. The first kappa shape index (κ1) is 16.1. The summed E-state index contributed by atoms with van der Waals surface area (Å²) in [5, 5.41) is 9.15. The quantitative estimate of drug-likeness (QED) is 0.784. The Hall–Kier alpha value is -0.950. The number of hydrogen-bond acceptors (Lipinski definition) is 4. The number of urea groups is 1. The molecule has 7 heteroatoms. The number of amides is 2. The van der Waals surface area contributed by atoms with Crippen LogP contribution in [-0.2, 0) is 9.53 Å². The fourth-order valence-corrected chi connectivity index (χ4v) is 2.60. The van der Waals surface area contributed by atoms with Crippen molar-refractivity contribution in [3.05, 3.63) is 0 Å². The van der Waals surface area contributed by atoms with Crippen molar-refractivity contribution in [1.29, 1.82) is 0 Å². The zero-order valence-corrected chi connectivity index (χ0v) is 12.5. The summed E-state index contributed by atoms with van der Waals surface area (Å²) in [4.78, 5) is 26.7. The third kappa shape index (κ3) is 4.01. The molecule has 6 nitrogen and oxygen atoms in total. The first-order valence-electron chi connectivity index (χ1n) is 6.34. The average molecular weight is 290 g/mol. The van der Waals surface area contributed by atoms with Crippen LogP contribution in [0.1, 0.15) is 6.92 Å². The molecule has 110 valence electrons. The van der Waals surface area contributed by atoms with Crippen LogP contribution in [0.5, 0.6) is 0 Å². The standard InChI is InChI=1S/C12H22N2O4S/c1-4-14(12(17)13(2)5-6-19-3)10-8-18-7-9(10)11(15)16/h9-10H,4-8H2,1-3H3,(H,15,16). The van der Waals surface area contributed by atoms with Crippen molar-refractivity contribution in [2.24, 2.45) is 5.92 Å². The second-order valence-electron chi connectivity index (χ2n) is 4.53. The monoisotopic (exact) mass is 290 g/mol. The van der Waals surface area contributed by atoms with Gasteiger partial charge in [-0.15, -0.1) is 0 Å². The Morgan fingerprint density at radius 1 is 1.42 bits per heavy atom. The number of hydrogen-bond donors (Lipinski definition) is 1. The number of carboxylic acids is 1. The SMILES string of the molecule is CCN(C(=O)N(C)CCSC)C1COCC1C(=O)O. The summed E-state index contributed by atoms with van der Waals surface area (Å²) in [5.74, 6) is -0.665. The van der Waals surface area contributed by atoms with Crippen LogP contribution in [0.15, 0.2) is 0 Å². The highest BCUT2D eigenvalue weighted by molar-refractivity contribution is 7.98. The van der Waals surface area contributed by atoms with Gasteiger partial charge >= 0.3 is 12.0 Å². The normalized spacial score (nSPS) is 22.3. The van der Waals surface area contributed by atoms with Crippen LogP contribution in [0.25, 0.3) is 0 Å². The van der Waals surface area contributed by atoms with Crippen LogP contribution in [0, 0.1) is 5.92 Å². The summed E-state index contributed by atoms with van der Waals surface area (Å²) in [5.41, 5.74) is 0. The Labute approximate surface area is 118 Å². The number of carboxylic acid groups (broad SMARTS) is 1. The van der Waals surface area contributed by atoms with Gasteiger partial charge < -0.3 is 19.6 Å². The van der Waals surface area contributed by atoms with Crippen molar-refractivity contribution >= 4 is 23.8 Å². The molecule has 2 unspecified atom stereocenters. The van der Waals surface area contributed by atoms with Gasteiger partial charge in [0.25, 0.3) is 0 Å². The lowest BCUT2D eigenvalue weighted by atomic mass is 10.0. The van der Waals surface area contributed by atoms with Crippen LogP contribution in [0.2, 0.25) is 0 Å². The van der Waals surface area contributed by atoms with Gasteiger partial charge in [0.2, 0.25) is 0 Å². The second kappa shape index (κ2) is 7.59. The molecule has 0 aliphatic carbocycles. The molecule has 0 aromatic rings. The van der Waals surface area contributed by atoms with E-state index in [0.717, 1.165) is 5.75 Å². The Kier molecular flexibility index (Phi) is 6.44. The predicted octanol–water partition coefficient (Wildman–Crippen LogP) is 0.823. The van der Waals surface area contributed by atoms with E-state index >= 15 is 0 Å². The Bertz CT molecular complexity index is 327. The van der Waals surface area contributed by atoms with Gasteiger partial charge in [0.15, 0.2) is 0 Å². The molecular formula is C12H22N2O4S. The van der Waals surface area contributed by atoms with E-state index in [1.165, 1.54) is 0 Å². The van der Waals surface area contributed by atoms with E-state index in [9.17, 15) is 9.59 Å². The van der Waals surface area contributed by atoms with Gasteiger partial charge in [-0.1, -0.05) is 0 Å². The predicted molar refractivity (Wildman–Crippen MR) is 74.5 cm³/mol. The van der Waals surface area contributed by atoms with Crippen LogP contribution in [0.3, 0.4) is 0 Å². The molecule has 1 saturated heterocycles. The molecule has 1 rings (SSSR count). The number of carbonyl (C=O) groups excluding carboxylic acids is 1. The summed E-state index contributed by atoms with van der Waals surface area (Å²) in [6.07, 6.45) is 1.99. The molecule has 0 aromatic carbocycles. The lowest BCUT2D eigenvalue weighted by Crippen LogP contribution is -2.51. The van der Waals surface area contributed by atoms with Gasteiger partial charge in [-0.2, -0.15) is 11.8 Å². The summed E-state index contributed by atoms with van der Waals surface area (Å²) in [6, 6.07) is -0.495. The van der Waals surface area contributed by atoms with Crippen molar-refractivity contribution in [2.75, 3.05) is 45.4 Å². The zero-order chi connectivity index (χ0) is 14.4. The third-order valence-corrected chi connectivity index (χ3v) is 3.90. The number of carbonyl (C=O) groups is 2. The van der Waals surface area contributed by atoms with Gasteiger partial charge in [0, 0.05) is 25.9 Å². The van der Waals surface area contributed by atoms with Gasteiger partial charge in [-0.3, -0.25) is 4.79 Å². The molecule has 1 aliphatic heterocycles. The minimum absolute atomic E-state index is 0.127. The molecule has 2 atom stereocenters. The Morgan fingerprint density at radius 3 is 2.63 bits per heavy atom. The highest BCUT2D eigenvalue weighted by atomic mass is 32.2. The molecule has 1 aliphatic rings. The lowest BCUT2D eigenvalue weighted by molar-refractivity contribution is -0.142. The summed E-state index contributed by atoms with van der Waals surface area (Å²) in [6.45, 7) is 3.48. The van der Waals surface area contributed by atoms with Crippen LogP contribution < -0.4 is 0 Å². The average Bonchev–Trinajstić information content (AvgIpc) is 2.86. The number of thioether (sulfide) groups is 1. The van der Waals surface area contributed by atoms with Crippen molar-refractivity contribution in [3.8, 4) is 0 Å². The van der Waals surface area contributed by atoms with E-state index in [4.69, 9.17) is 9.84 Å². The van der Waals surface area contributed by atoms with E-state index in [2.05, 4.69) is 0 Å². The number of likely N-dealkylation sites (N-methyl/N-ethyl adjacent to an activating group) is 1. The summed E-state index contributed by atoms with van der Waals surface area (Å²) < 4.78 is 5.23. The number of ether oxygens (including phenoxy) is 1. The zero-order valence-electron chi connectivity index (χ0n) is 11.7. The molecule has 19 heavy (non-hydrogen) atoms. The topological polar surface area (TPSA) is 70.1 Å². The molecule has 1 N–H and O–H groups in total. The van der Waals surface area contributed by atoms with Crippen LogP contribution in [-0.4, -0.2) is 78.3 Å². The van der Waals surface area contributed by atoms with Gasteiger partial charge in [0.1, 0.15) is 5.92 Å². The molecule has 0 aromatic heterocycles. The van der Waals surface area contributed by atoms with Crippen LogP contribution in [0.4, 0.5) is 4.79 Å². The smallest absolute Gasteiger partial charge is 0.320 e. The molecule has 1 heterocycles. The first-order valence-corrected chi connectivity index (χ1v) is 7.73. The van der Waals surface area contributed by atoms with E-state index < -0.39 is 11.9 Å². The third-order valence-electron chi connectivity index (χ3n) is 3.31. The largest absolute Gasteiger partial charge is 0.481 e. The fraction of sp³-hybridized carbons (Fsp3) is 0.833. The molecule has 0 radical (unpaired) electrons. The molecule has 0 bridgehead atoms. The number of aliphatic carboxylic acids is 1. The van der Waals surface area contributed by atoms with Crippen molar-refractivity contribution < 1.29 is 19.4 Å². The summed E-state index contributed by atoms with van der Waals surface area (Å²) in [7, 11) is 1.74. The molecule has 0 saturated carbocycles. The minimum Gasteiger partial charge on any atom is -0.481 e. The van der Waals surface area contributed by atoms with Crippen molar-refractivity contribution in [3.63, 3.8) is 0 Å². The molecule has 1 fully saturated rings. The first-order chi connectivity index (χ1) is 9.02. The van der Waals surface area contributed by atoms with E-state index in [0.29, 0.717) is 19.7 Å². The highest BCUT2D eigenvalue weighted by Crippen LogP contribution is 2.21. The van der Waals surface area contributed by atoms with Gasteiger partial charge in [0.05, 0.1) is 19.3 Å². The van der Waals surface area contributed by atoms with Crippen LogP contribution >= 0.6 is 11.8 Å². The van der Waals surface area contributed by atoms with E-state index in [-0.39, 0.29) is 18.7 Å².